The number of amides is 1. The highest BCUT2D eigenvalue weighted by Crippen LogP contribution is 2.23. The molecule has 1 atom stereocenters. The second-order valence-corrected chi connectivity index (χ2v) is 8.16. The summed E-state index contributed by atoms with van der Waals surface area (Å²) in [6.45, 7) is 4.04. The molecule has 1 amide bonds. The Morgan fingerprint density at radius 3 is 2.62 bits per heavy atom. The van der Waals surface area contributed by atoms with E-state index in [1.807, 2.05) is 72.2 Å². The molecule has 0 fully saturated rings. The number of carbonyl (C=O) groups is 1. The van der Waals surface area contributed by atoms with Gasteiger partial charge in [-0.25, -0.2) is 9.97 Å². The van der Waals surface area contributed by atoms with Crippen molar-refractivity contribution in [1.82, 2.24) is 19.5 Å². The largest absolute Gasteiger partial charge is 0.348 e. The third-order valence-electron chi connectivity index (χ3n) is 5.62. The van der Waals surface area contributed by atoms with E-state index in [1.165, 1.54) is 0 Å². The summed E-state index contributed by atoms with van der Waals surface area (Å²) in [4.78, 5) is 26.2. The number of hydrogen-bond donors (Lipinski definition) is 2. The van der Waals surface area contributed by atoms with Crippen LogP contribution in [0.5, 0.6) is 0 Å². The second-order valence-electron chi connectivity index (χ2n) is 8.16. The Labute approximate surface area is 197 Å². The van der Waals surface area contributed by atoms with Crippen LogP contribution in [0.15, 0.2) is 91.4 Å². The van der Waals surface area contributed by atoms with Gasteiger partial charge in [0.1, 0.15) is 12.1 Å². The summed E-state index contributed by atoms with van der Waals surface area (Å²) in [5, 5.41) is 6.30. The lowest BCUT2D eigenvalue weighted by molar-refractivity contribution is 0.102. The molecule has 0 aliphatic heterocycles. The second kappa shape index (κ2) is 9.15. The first-order valence-corrected chi connectivity index (χ1v) is 11.1. The molecule has 34 heavy (non-hydrogen) atoms. The normalized spacial score (nSPS) is 11.8. The van der Waals surface area contributed by atoms with E-state index in [0.717, 1.165) is 22.2 Å². The van der Waals surface area contributed by atoms with Crippen molar-refractivity contribution in [3.63, 3.8) is 0 Å². The molecule has 5 rings (SSSR count). The quantitative estimate of drug-likeness (QED) is 0.356. The minimum Gasteiger partial charge on any atom is -0.348 e. The van der Waals surface area contributed by atoms with E-state index < -0.39 is 0 Å². The van der Waals surface area contributed by atoms with E-state index in [0.29, 0.717) is 23.0 Å². The summed E-state index contributed by atoms with van der Waals surface area (Å²) in [6, 6.07) is 25.2. The van der Waals surface area contributed by atoms with Gasteiger partial charge in [-0.1, -0.05) is 48.0 Å². The van der Waals surface area contributed by atoms with Crippen LogP contribution in [0, 0.1) is 6.92 Å². The maximum absolute atomic E-state index is 12.6. The molecule has 0 aliphatic rings. The molecule has 2 aromatic heterocycles. The maximum Gasteiger partial charge on any atom is 0.255 e. The van der Waals surface area contributed by atoms with Gasteiger partial charge in [0.2, 0.25) is 5.95 Å². The van der Waals surface area contributed by atoms with Crippen LogP contribution in [0.3, 0.4) is 0 Å². The lowest BCUT2D eigenvalue weighted by Crippen LogP contribution is -2.12. The first-order chi connectivity index (χ1) is 16.6. The Hall–Kier alpha value is -4.52. The number of imidazole rings is 1. The third kappa shape index (κ3) is 4.49. The fourth-order valence-corrected chi connectivity index (χ4v) is 3.83. The van der Waals surface area contributed by atoms with Gasteiger partial charge < -0.3 is 10.6 Å². The first kappa shape index (κ1) is 21.3. The van der Waals surface area contributed by atoms with Crippen molar-refractivity contribution < 1.29 is 4.79 Å². The third-order valence-corrected chi connectivity index (χ3v) is 5.62. The van der Waals surface area contributed by atoms with Crippen LogP contribution in [0.1, 0.15) is 34.5 Å². The highest BCUT2D eigenvalue weighted by Gasteiger charge is 2.12. The van der Waals surface area contributed by atoms with Gasteiger partial charge in [0.25, 0.3) is 5.91 Å². The molecule has 0 aliphatic carbocycles. The molecule has 0 unspecified atom stereocenters. The zero-order valence-corrected chi connectivity index (χ0v) is 18.9. The lowest BCUT2D eigenvalue weighted by atomic mass is 10.1. The Morgan fingerprint density at radius 1 is 0.941 bits per heavy atom. The van der Waals surface area contributed by atoms with Gasteiger partial charge in [-0.15, -0.1) is 0 Å². The lowest BCUT2D eigenvalue weighted by Gasteiger charge is -2.14. The van der Waals surface area contributed by atoms with Crippen LogP contribution in [-0.4, -0.2) is 25.4 Å². The number of hydrogen-bond acceptors (Lipinski definition) is 5. The molecule has 0 spiro atoms. The van der Waals surface area contributed by atoms with Crippen molar-refractivity contribution in [2.75, 3.05) is 10.6 Å². The highest BCUT2D eigenvalue weighted by molar-refractivity contribution is 6.05. The molecule has 0 saturated carbocycles. The zero-order chi connectivity index (χ0) is 23.5. The molecule has 7 nitrogen and oxygen atoms in total. The van der Waals surface area contributed by atoms with Crippen molar-refractivity contribution >= 4 is 28.6 Å². The average molecular weight is 449 g/mol. The van der Waals surface area contributed by atoms with Crippen LogP contribution >= 0.6 is 0 Å². The maximum atomic E-state index is 12.6. The summed E-state index contributed by atoms with van der Waals surface area (Å²) in [5.41, 5.74) is 5.15. The SMILES string of the molecule is Cc1cccc(C(=O)Nc2ccc3c(c2)ncn3-c2ccnc(N[C@@H](C)c3ccccc3)n2)c1. The van der Waals surface area contributed by atoms with Gasteiger partial charge in [-0.05, 0) is 55.8 Å². The average Bonchev–Trinajstić information content (AvgIpc) is 3.28. The number of aromatic nitrogens is 4. The summed E-state index contributed by atoms with van der Waals surface area (Å²) < 4.78 is 1.90. The molecule has 7 heteroatoms. The summed E-state index contributed by atoms with van der Waals surface area (Å²) in [6.07, 6.45) is 3.45. The molecular formula is C27H24N6O. The molecular weight excluding hydrogens is 424 g/mol. The molecule has 2 heterocycles. The highest BCUT2D eigenvalue weighted by atomic mass is 16.1. The van der Waals surface area contributed by atoms with Crippen LogP contribution in [0.25, 0.3) is 16.9 Å². The smallest absolute Gasteiger partial charge is 0.255 e. The molecule has 0 bridgehead atoms. The zero-order valence-electron chi connectivity index (χ0n) is 18.9. The minimum absolute atomic E-state index is 0.0653. The number of aryl methyl sites for hydroxylation is 1. The van der Waals surface area contributed by atoms with Gasteiger partial charge in [0, 0.05) is 17.4 Å². The van der Waals surface area contributed by atoms with Crippen LogP contribution in [0.4, 0.5) is 11.6 Å². The number of anilines is 2. The van der Waals surface area contributed by atoms with Crippen molar-refractivity contribution in [2.24, 2.45) is 0 Å². The molecule has 0 saturated heterocycles. The minimum atomic E-state index is -0.151. The Bertz CT molecular complexity index is 1460. The standard InChI is InChI=1S/C27H24N6O/c1-18-7-6-10-21(15-18)26(34)31-22-11-12-24-23(16-22)29-17-33(24)25-13-14-28-27(32-25)30-19(2)20-8-4-3-5-9-20/h3-17,19H,1-2H3,(H,31,34)(H,28,30,32)/t19-/m0/s1. The number of carbonyl (C=O) groups excluding carboxylic acids is 1. The Morgan fingerprint density at radius 2 is 1.79 bits per heavy atom. The molecule has 3 aromatic carbocycles. The predicted molar refractivity (Wildman–Crippen MR) is 134 cm³/mol. The number of nitrogens with one attached hydrogen (secondary N) is 2. The molecule has 2 N–H and O–H groups in total. The monoisotopic (exact) mass is 448 g/mol. The van der Waals surface area contributed by atoms with Crippen LogP contribution in [0.2, 0.25) is 0 Å². The van der Waals surface area contributed by atoms with Gasteiger partial charge in [0.05, 0.1) is 17.1 Å². The summed E-state index contributed by atoms with van der Waals surface area (Å²) >= 11 is 0. The van der Waals surface area contributed by atoms with Crippen molar-refractivity contribution in [3.05, 3.63) is 108 Å². The first-order valence-electron chi connectivity index (χ1n) is 11.1. The van der Waals surface area contributed by atoms with Crippen LogP contribution < -0.4 is 10.6 Å². The van der Waals surface area contributed by atoms with Crippen molar-refractivity contribution in [2.45, 2.75) is 19.9 Å². The number of fused-ring (bicyclic) bond motifs is 1. The van der Waals surface area contributed by atoms with E-state index in [4.69, 9.17) is 0 Å². The molecule has 0 radical (unpaired) electrons. The number of rotatable bonds is 6. The fraction of sp³-hybridized carbons (Fsp3) is 0.111. The molecule has 5 aromatic rings. The molecule has 168 valence electrons. The van der Waals surface area contributed by atoms with E-state index in [1.54, 1.807) is 18.6 Å². The number of benzene rings is 3. The fourth-order valence-electron chi connectivity index (χ4n) is 3.83. The van der Waals surface area contributed by atoms with E-state index in [9.17, 15) is 4.79 Å². The van der Waals surface area contributed by atoms with Gasteiger partial charge in [0.15, 0.2) is 0 Å². The topological polar surface area (TPSA) is 84.7 Å². The summed E-state index contributed by atoms with van der Waals surface area (Å²) in [5.74, 6) is 1.09. The van der Waals surface area contributed by atoms with E-state index in [2.05, 4.69) is 44.6 Å². The Balaban J connectivity index is 1.36. The van der Waals surface area contributed by atoms with E-state index >= 15 is 0 Å². The van der Waals surface area contributed by atoms with E-state index in [-0.39, 0.29) is 11.9 Å². The van der Waals surface area contributed by atoms with Gasteiger partial charge >= 0.3 is 0 Å². The van der Waals surface area contributed by atoms with Crippen LogP contribution in [-0.2, 0) is 0 Å². The van der Waals surface area contributed by atoms with Gasteiger partial charge in [-0.3, -0.25) is 9.36 Å². The predicted octanol–water partition coefficient (Wildman–Crippen LogP) is 5.55. The van der Waals surface area contributed by atoms with Crippen molar-refractivity contribution in [3.8, 4) is 5.82 Å². The van der Waals surface area contributed by atoms with Crippen molar-refractivity contribution in [1.29, 1.82) is 0 Å². The Kier molecular flexibility index (Phi) is 5.74. The van der Waals surface area contributed by atoms with Gasteiger partial charge in [-0.2, -0.15) is 4.98 Å². The summed E-state index contributed by atoms with van der Waals surface area (Å²) in [7, 11) is 0. The number of nitrogens with zero attached hydrogens (tertiary/aromatic N) is 4.